The van der Waals surface area contributed by atoms with Crippen LogP contribution in [-0.2, 0) is 4.57 Å². The smallest absolute Gasteiger partial charge is 0.165 e. The molecule has 0 N–H and O–H groups in total. The lowest BCUT2D eigenvalue weighted by molar-refractivity contribution is 0.592. The van der Waals surface area contributed by atoms with Gasteiger partial charge in [0.15, 0.2) is 7.14 Å². The molecule has 0 aromatic heterocycles. The Bertz CT molecular complexity index is 895. The highest BCUT2D eigenvalue weighted by Crippen LogP contribution is 2.54. The lowest BCUT2D eigenvalue weighted by Gasteiger charge is -2.12. The Morgan fingerprint density at radius 2 is 1.23 bits per heavy atom. The van der Waals surface area contributed by atoms with E-state index in [2.05, 4.69) is 18.2 Å². The predicted molar refractivity (Wildman–Crippen MR) is 93.3 cm³/mol. The maximum atomic E-state index is 13.7. The molecule has 0 saturated carbocycles. The molecule has 0 radical (unpaired) electrons. The number of hydrogen-bond donors (Lipinski definition) is 0. The SMILES string of the molecule is O=P1(c2ccccc2)C=C(c2ccccc2)c2ccccc21. The van der Waals surface area contributed by atoms with E-state index in [4.69, 9.17) is 0 Å². The number of fused-ring (bicyclic) bond motifs is 1. The maximum Gasteiger partial charge on any atom is 0.165 e. The summed E-state index contributed by atoms with van der Waals surface area (Å²) in [6, 6.07) is 28.0. The van der Waals surface area contributed by atoms with Gasteiger partial charge in [-0.15, -0.1) is 0 Å². The average molecular weight is 302 g/mol. The molecule has 0 saturated heterocycles. The summed E-state index contributed by atoms with van der Waals surface area (Å²) in [5, 5.41) is 1.84. The molecule has 0 spiro atoms. The van der Waals surface area contributed by atoms with Crippen LogP contribution >= 0.6 is 7.14 Å². The van der Waals surface area contributed by atoms with Crippen LogP contribution in [0.3, 0.4) is 0 Å². The van der Waals surface area contributed by atoms with Gasteiger partial charge in [-0.2, -0.15) is 0 Å². The number of hydrogen-bond acceptors (Lipinski definition) is 1. The minimum atomic E-state index is -2.70. The van der Waals surface area contributed by atoms with Crippen molar-refractivity contribution in [1.29, 1.82) is 0 Å². The molecule has 1 unspecified atom stereocenters. The summed E-state index contributed by atoms with van der Waals surface area (Å²) >= 11 is 0. The maximum absolute atomic E-state index is 13.7. The lowest BCUT2D eigenvalue weighted by Crippen LogP contribution is -2.13. The fourth-order valence-corrected chi connectivity index (χ4v) is 5.72. The Kier molecular flexibility index (Phi) is 3.10. The van der Waals surface area contributed by atoms with E-state index in [0.717, 1.165) is 27.3 Å². The molecule has 0 aliphatic carbocycles. The van der Waals surface area contributed by atoms with Crippen molar-refractivity contribution in [2.45, 2.75) is 0 Å². The largest absolute Gasteiger partial charge is 0.309 e. The molecule has 0 amide bonds. The minimum absolute atomic E-state index is 0.897. The van der Waals surface area contributed by atoms with Gasteiger partial charge < -0.3 is 4.57 Å². The molecular formula is C20H15OP. The third-order valence-electron chi connectivity index (χ3n) is 4.09. The Morgan fingerprint density at radius 3 is 1.95 bits per heavy atom. The van der Waals surface area contributed by atoms with Gasteiger partial charge >= 0.3 is 0 Å². The van der Waals surface area contributed by atoms with Crippen LogP contribution in [0.5, 0.6) is 0 Å². The summed E-state index contributed by atoms with van der Waals surface area (Å²) in [6.45, 7) is 0. The van der Waals surface area contributed by atoms with Crippen LogP contribution in [0.15, 0.2) is 90.7 Å². The van der Waals surface area contributed by atoms with E-state index in [-0.39, 0.29) is 0 Å². The molecule has 3 aromatic carbocycles. The molecule has 0 fully saturated rings. The van der Waals surface area contributed by atoms with Crippen LogP contribution in [0.4, 0.5) is 0 Å². The van der Waals surface area contributed by atoms with E-state index >= 15 is 0 Å². The number of rotatable bonds is 2. The van der Waals surface area contributed by atoms with Gasteiger partial charge in [-0.3, -0.25) is 0 Å². The minimum Gasteiger partial charge on any atom is -0.309 e. The van der Waals surface area contributed by atoms with Gasteiger partial charge in [0, 0.05) is 10.6 Å². The third-order valence-corrected chi connectivity index (χ3v) is 6.88. The Hall–Kier alpha value is -2.37. The van der Waals surface area contributed by atoms with Crippen molar-refractivity contribution in [2.24, 2.45) is 0 Å². The highest BCUT2D eigenvalue weighted by Gasteiger charge is 2.34. The van der Waals surface area contributed by atoms with Crippen molar-refractivity contribution in [2.75, 3.05) is 0 Å². The zero-order valence-electron chi connectivity index (χ0n) is 12.0. The predicted octanol–water partition coefficient (Wildman–Crippen LogP) is 4.40. The molecule has 1 aliphatic rings. The molecular weight excluding hydrogens is 287 g/mol. The first-order valence-electron chi connectivity index (χ1n) is 7.33. The highest BCUT2D eigenvalue weighted by atomic mass is 31.2. The molecule has 4 rings (SSSR count). The van der Waals surface area contributed by atoms with Crippen molar-refractivity contribution in [1.82, 2.24) is 0 Å². The number of benzene rings is 3. The van der Waals surface area contributed by atoms with Crippen molar-refractivity contribution in [3.63, 3.8) is 0 Å². The van der Waals surface area contributed by atoms with Gasteiger partial charge in [0.05, 0.1) is 0 Å². The Balaban J connectivity index is 1.99. The average Bonchev–Trinajstić information content (AvgIpc) is 2.91. The molecule has 1 heterocycles. The van der Waals surface area contributed by atoms with E-state index in [1.54, 1.807) is 0 Å². The van der Waals surface area contributed by atoms with Crippen molar-refractivity contribution in [3.05, 3.63) is 102 Å². The zero-order chi connectivity index (χ0) is 15.0. The molecule has 0 bridgehead atoms. The fourth-order valence-electron chi connectivity index (χ4n) is 3.02. The summed E-state index contributed by atoms with van der Waals surface area (Å²) in [5.41, 5.74) is 3.27. The van der Waals surface area contributed by atoms with Crippen LogP contribution in [0, 0.1) is 0 Å². The fraction of sp³-hybridized carbons (Fsp3) is 0. The summed E-state index contributed by atoms with van der Waals surface area (Å²) in [4.78, 5) is 0. The van der Waals surface area contributed by atoms with Gasteiger partial charge in [-0.05, 0) is 22.5 Å². The first-order chi connectivity index (χ1) is 10.8. The second-order valence-corrected chi connectivity index (χ2v) is 7.99. The van der Waals surface area contributed by atoms with Gasteiger partial charge in [-0.1, -0.05) is 84.9 Å². The molecule has 3 aromatic rings. The quantitative estimate of drug-likeness (QED) is 0.641. The first kappa shape index (κ1) is 13.3. The standard InChI is InChI=1S/C20H15OP/c21-22(17-11-5-2-6-12-17)15-19(16-9-3-1-4-10-16)18-13-7-8-14-20(18)22/h1-15H. The van der Waals surface area contributed by atoms with Gasteiger partial charge in [0.25, 0.3) is 0 Å². The van der Waals surface area contributed by atoms with E-state index < -0.39 is 7.14 Å². The normalized spacial score (nSPS) is 19.5. The summed E-state index contributed by atoms with van der Waals surface area (Å²) < 4.78 is 13.7. The molecule has 22 heavy (non-hydrogen) atoms. The Labute approximate surface area is 130 Å². The van der Waals surface area contributed by atoms with Crippen molar-refractivity contribution in [3.8, 4) is 0 Å². The highest BCUT2D eigenvalue weighted by molar-refractivity contribution is 7.82. The monoisotopic (exact) mass is 302 g/mol. The van der Waals surface area contributed by atoms with Crippen LogP contribution in [0.2, 0.25) is 0 Å². The Morgan fingerprint density at radius 1 is 0.636 bits per heavy atom. The van der Waals surface area contributed by atoms with Crippen LogP contribution < -0.4 is 10.6 Å². The van der Waals surface area contributed by atoms with Crippen LogP contribution in [0.25, 0.3) is 5.57 Å². The lowest BCUT2D eigenvalue weighted by atomic mass is 10.00. The zero-order valence-corrected chi connectivity index (χ0v) is 12.9. The van der Waals surface area contributed by atoms with Crippen molar-refractivity contribution < 1.29 is 4.57 Å². The summed E-state index contributed by atoms with van der Waals surface area (Å²) in [7, 11) is -2.70. The van der Waals surface area contributed by atoms with Crippen LogP contribution in [0.1, 0.15) is 11.1 Å². The van der Waals surface area contributed by atoms with E-state index in [1.807, 2.05) is 72.5 Å². The molecule has 2 heteroatoms. The second-order valence-electron chi connectivity index (χ2n) is 5.42. The van der Waals surface area contributed by atoms with E-state index in [0.29, 0.717) is 0 Å². The third kappa shape index (κ3) is 1.98. The van der Waals surface area contributed by atoms with Gasteiger partial charge in [0.1, 0.15) is 0 Å². The summed E-state index contributed by atoms with van der Waals surface area (Å²) in [6.07, 6.45) is 0. The van der Waals surface area contributed by atoms with Gasteiger partial charge in [-0.25, -0.2) is 0 Å². The van der Waals surface area contributed by atoms with Crippen molar-refractivity contribution >= 4 is 23.3 Å². The molecule has 1 nitrogen and oxygen atoms in total. The van der Waals surface area contributed by atoms with Gasteiger partial charge in [0.2, 0.25) is 0 Å². The molecule has 106 valence electrons. The summed E-state index contributed by atoms with van der Waals surface area (Å²) in [5.74, 6) is 1.97. The second kappa shape index (κ2) is 5.12. The molecule has 1 aliphatic heterocycles. The molecule has 1 atom stereocenters. The van der Waals surface area contributed by atoms with Crippen LogP contribution in [-0.4, -0.2) is 0 Å². The topological polar surface area (TPSA) is 17.1 Å². The van der Waals surface area contributed by atoms with E-state index in [9.17, 15) is 4.57 Å². The first-order valence-corrected chi connectivity index (χ1v) is 9.10. The van der Waals surface area contributed by atoms with E-state index in [1.165, 1.54) is 0 Å².